The van der Waals surface area contributed by atoms with Gasteiger partial charge in [-0.05, 0) is 32.3 Å². The lowest BCUT2D eigenvalue weighted by Gasteiger charge is -2.22. The van der Waals surface area contributed by atoms with Gasteiger partial charge in [0.2, 0.25) is 5.91 Å². The van der Waals surface area contributed by atoms with Crippen molar-refractivity contribution in [3.8, 4) is 0 Å². The summed E-state index contributed by atoms with van der Waals surface area (Å²) in [4.78, 5) is 31.2. The number of sulfone groups is 1. The standard InChI is InChI=1S/C19H20N4O5S2/c1-21(2)10-11-22(18(24)13-30(27,28)15-6-4-3-5-7-15)19-20-16-9-8-14(23(25)26)12-17(16)29-19/h3-9,12H,10-11,13H2,1-2H3. The SMILES string of the molecule is CN(C)CCN(C(=O)CS(=O)(=O)c1ccccc1)c1nc2ccc([N+](=O)[O-])cc2s1. The van der Waals surface area contributed by atoms with Crippen LogP contribution in [0.4, 0.5) is 10.8 Å². The van der Waals surface area contributed by atoms with Crippen molar-refractivity contribution in [3.63, 3.8) is 0 Å². The lowest BCUT2D eigenvalue weighted by molar-refractivity contribution is -0.384. The van der Waals surface area contributed by atoms with E-state index in [-0.39, 0.29) is 17.1 Å². The largest absolute Gasteiger partial charge is 0.308 e. The van der Waals surface area contributed by atoms with Crippen molar-refractivity contribution >= 4 is 48.1 Å². The lowest BCUT2D eigenvalue weighted by Crippen LogP contribution is -2.40. The summed E-state index contributed by atoms with van der Waals surface area (Å²) in [6, 6.07) is 12.0. The molecule has 0 aliphatic rings. The second-order valence-corrected chi connectivity index (χ2v) is 9.83. The summed E-state index contributed by atoms with van der Waals surface area (Å²) in [6.45, 7) is 0.727. The van der Waals surface area contributed by atoms with E-state index < -0.39 is 26.4 Å². The fourth-order valence-electron chi connectivity index (χ4n) is 2.71. The quantitative estimate of drug-likeness (QED) is 0.384. The van der Waals surface area contributed by atoms with Crippen LogP contribution < -0.4 is 4.90 Å². The number of thiazole rings is 1. The first kappa shape index (κ1) is 21.8. The molecule has 2 aromatic carbocycles. The Morgan fingerprint density at radius 1 is 1.13 bits per heavy atom. The van der Waals surface area contributed by atoms with Crippen LogP contribution in [0, 0.1) is 10.1 Å². The molecule has 0 aliphatic carbocycles. The third-order valence-corrected chi connectivity index (χ3v) is 6.95. The van der Waals surface area contributed by atoms with Crippen molar-refractivity contribution < 1.29 is 18.1 Å². The van der Waals surface area contributed by atoms with Crippen LogP contribution in [-0.2, 0) is 14.6 Å². The van der Waals surface area contributed by atoms with Crippen molar-refractivity contribution in [2.24, 2.45) is 0 Å². The number of nitro groups is 1. The Kier molecular flexibility index (Phi) is 6.44. The van der Waals surface area contributed by atoms with Gasteiger partial charge in [-0.2, -0.15) is 0 Å². The van der Waals surface area contributed by atoms with Crippen LogP contribution in [0.1, 0.15) is 0 Å². The Morgan fingerprint density at radius 2 is 1.83 bits per heavy atom. The van der Waals surface area contributed by atoms with Gasteiger partial charge in [0.25, 0.3) is 5.69 Å². The molecule has 30 heavy (non-hydrogen) atoms. The van der Waals surface area contributed by atoms with E-state index in [1.165, 1.54) is 35.2 Å². The number of carbonyl (C=O) groups is 1. The molecule has 0 radical (unpaired) electrons. The number of carbonyl (C=O) groups excluding carboxylic acids is 1. The van der Waals surface area contributed by atoms with E-state index >= 15 is 0 Å². The summed E-state index contributed by atoms with van der Waals surface area (Å²) in [5.74, 6) is -1.30. The highest BCUT2D eigenvalue weighted by atomic mass is 32.2. The normalized spacial score (nSPS) is 11.7. The van der Waals surface area contributed by atoms with Crippen LogP contribution in [-0.4, -0.2) is 62.1 Å². The molecular formula is C19H20N4O5S2. The van der Waals surface area contributed by atoms with E-state index in [1.54, 1.807) is 18.2 Å². The molecule has 3 aromatic rings. The number of hydrogen-bond donors (Lipinski definition) is 0. The molecule has 0 unspecified atom stereocenters. The van der Waals surface area contributed by atoms with Crippen LogP contribution in [0.3, 0.4) is 0 Å². The van der Waals surface area contributed by atoms with Crippen molar-refractivity contribution in [1.29, 1.82) is 0 Å². The van der Waals surface area contributed by atoms with Gasteiger partial charge in [0.1, 0.15) is 5.75 Å². The van der Waals surface area contributed by atoms with Gasteiger partial charge in [0.05, 0.1) is 20.0 Å². The second kappa shape index (κ2) is 8.86. The number of benzene rings is 2. The van der Waals surface area contributed by atoms with Gasteiger partial charge in [-0.1, -0.05) is 29.5 Å². The van der Waals surface area contributed by atoms with Crippen LogP contribution in [0.5, 0.6) is 0 Å². The minimum absolute atomic E-state index is 0.0736. The van der Waals surface area contributed by atoms with Crippen molar-refractivity contribution in [2.75, 3.05) is 37.8 Å². The van der Waals surface area contributed by atoms with E-state index in [0.29, 0.717) is 21.9 Å². The minimum Gasteiger partial charge on any atom is -0.308 e. The Bertz CT molecular complexity index is 1180. The first-order valence-corrected chi connectivity index (χ1v) is 11.4. The molecule has 0 bridgehead atoms. The van der Waals surface area contributed by atoms with Gasteiger partial charge in [-0.3, -0.25) is 19.8 Å². The van der Waals surface area contributed by atoms with Gasteiger partial charge < -0.3 is 4.90 Å². The molecule has 0 N–H and O–H groups in total. The van der Waals surface area contributed by atoms with Crippen molar-refractivity contribution in [1.82, 2.24) is 9.88 Å². The third kappa shape index (κ3) is 4.99. The highest BCUT2D eigenvalue weighted by Crippen LogP contribution is 2.31. The molecule has 0 saturated heterocycles. The number of nitrogens with zero attached hydrogens (tertiary/aromatic N) is 4. The van der Waals surface area contributed by atoms with E-state index in [1.807, 2.05) is 19.0 Å². The number of non-ortho nitro benzene ring substituents is 1. The molecule has 158 valence electrons. The summed E-state index contributed by atoms with van der Waals surface area (Å²) in [5, 5.41) is 11.3. The molecule has 1 aromatic heterocycles. The summed E-state index contributed by atoms with van der Waals surface area (Å²) < 4.78 is 25.9. The van der Waals surface area contributed by atoms with Gasteiger partial charge >= 0.3 is 0 Å². The summed E-state index contributed by atoms with van der Waals surface area (Å²) in [7, 11) is -0.140. The number of aromatic nitrogens is 1. The molecule has 1 amide bonds. The zero-order valence-corrected chi connectivity index (χ0v) is 18.0. The fourth-order valence-corrected chi connectivity index (χ4v) is 4.97. The molecule has 0 saturated carbocycles. The first-order chi connectivity index (χ1) is 14.2. The monoisotopic (exact) mass is 448 g/mol. The Balaban J connectivity index is 1.93. The van der Waals surface area contributed by atoms with Crippen molar-refractivity contribution in [2.45, 2.75) is 4.90 Å². The molecule has 3 rings (SSSR count). The number of rotatable bonds is 8. The van der Waals surface area contributed by atoms with Crippen molar-refractivity contribution in [3.05, 3.63) is 58.6 Å². The van der Waals surface area contributed by atoms with E-state index in [2.05, 4.69) is 4.98 Å². The van der Waals surface area contributed by atoms with Crippen LogP contribution in [0.2, 0.25) is 0 Å². The number of likely N-dealkylation sites (N-methyl/N-ethyl adjacent to an activating group) is 1. The molecular weight excluding hydrogens is 428 g/mol. The zero-order valence-electron chi connectivity index (χ0n) is 16.4. The van der Waals surface area contributed by atoms with Crippen LogP contribution in [0.25, 0.3) is 10.2 Å². The van der Waals surface area contributed by atoms with Gasteiger partial charge in [-0.15, -0.1) is 0 Å². The second-order valence-electron chi connectivity index (χ2n) is 6.83. The maximum atomic E-state index is 13.0. The van der Waals surface area contributed by atoms with E-state index in [0.717, 1.165) is 11.3 Å². The molecule has 0 atom stereocenters. The molecule has 0 spiro atoms. The summed E-state index contributed by atoms with van der Waals surface area (Å²) in [5.41, 5.74) is 0.435. The minimum atomic E-state index is -3.82. The Labute approximate surface area is 177 Å². The maximum absolute atomic E-state index is 13.0. The summed E-state index contributed by atoms with van der Waals surface area (Å²) >= 11 is 1.11. The average molecular weight is 449 g/mol. The van der Waals surface area contributed by atoms with Gasteiger partial charge in [0.15, 0.2) is 15.0 Å². The van der Waals surface area contributed by atoms with E-state index in [9.17, 15) is 23.3 Å². The lowest BCUT2D eigenvalue weighted by atomic mass is 10.3. The average Bonchev–Trinajstić information content (AvgIpc) is 3.11. The molecule has 0 fully saturated rings. The van der Waals surface area contributed by atoms with Crippen LogP contribution >= 0.6 is 11.3 Å². The van der Waals surface area contributed by atoms with Gasteiger partial charge in [0, 0.05) is 25.2 Å². The molecule has 11 heteroatoms. The van der Waals surface area contributed by atoms with E-state index in [4.69, 9.17) is 0 Å². The zero-order chi connectivity index (χ0) is 21.9. The van der Waals surface area contributed by atoms with Crippen LogP contribution in [0.15, 0.2) is 53.4 Å². The number of fused-ring (bicyclic) bond motifs is 1. The predicted octanol–water partition coefficient (Wildman–Crippen LogP) is 2.57. The molecule has 0 aliphatic heterocycles. The highest BCUT2D eigenvalue weighted by molar-refractivity contribution is 7.92. The molecule has 1 heterocycles. The fraction of sp³-hybridized carbons (Fsp3) is 0.263. The predicted molar refractivity (Wildman–Crippen MR) is 116 cm³/mol. The first-order valence-electron chi connectivity index (χ1n) is 8.95. The third-order valence-electron chi connectivity index (χ3n) is 4.29. The highest BCUT2D eigenvalue weighted by Gasteiger charge is 2.26. The smallest absolute Gasteiger partial charge is 0.270 e. The topological polar surface area (TPSA) is 114 Å². The Morgan fingerprint density at radius 3 is 2.47 bits per heavy atom. The molecule has 9 nitrogen and oxygen atoms in total. The summed E-state index contributed by atoms with van der Waals surface area (Å²) in [6.07, 6.45) is 0. The number of anilines is 1. The Hall–Kier alpha value is -2.89. The number of amides is 1. The number of hydrogen-bond acceptors (Lipinski definition) is 8. The number of nitro benzene ring substituents is 1. The van der Waals surface area contributed by atoms with Gasteiger partial charge in [-0.25, -0.2) is 13.4 Å². The maximum Gasteiger partial charge on any atom is 0.270 e.